The van der Waals surface area contributed by atoms with Crippen molar-refractivity contribution in [1.82, 2.24) is 0 Å². The second-order valence-electron chi connectivity index (χ2n) is 3.94. The summed E-state index contributed by atoms with van der Waals surface area (Å²) in [5.41, 5.74) is 0. The van der Waals surface area contributed by atoms with Crippen molar-refractivity contribution in [2.75, 3.05) is 7.11 Å². The van der Waals surface area contributed by atoms with Crippen molar-refractivity contribution in [2.45, 2.75) is 39.5 Å². The molecule has 0 unspecified atom stereocenters. The predicted octanol–water partition coefficient (Wildman–Crippen LogP) is 2.93. The molecule has 0 amide bonds. The molecular weight excluding hydrogens is 176 g/mol. The first kappa shape index (κ1) is 11.3. The summed E-state index contributed by atoms with van der Waals surface area (Å²) >= 11 is 0. The maximum absolute atomic E-state index is 11.7. The van der Waals surface area contributed by atoms with E-state index >= 15 is 0 Å². The molecule has 14 heavy (non-hydrogen) atoms. The Morgan fingerprint density at radius 3 is 2.29 bits per heavy atom. The zero-order valence-electron chi connectivity index (χ0n) is 9.38. The molecule has 0 fully saturated rings. The maximum atomic E-state index is 11.7. The highest BCUT2D eigenvalue weighted by atomic mass is 16.5. The molecule has 2 heteroatoms. The normalized spacial score (nSPS) is 26.5. The fourth-order valence-corrected chi connectivity index (χ4v) is 2.27. The van der Waals surface area contributed by atoms with Crippen LogP contribution in [0.2, 0.25) is 0 Å². The molecule has 0 spiro atoms. The smallest absolute Gasteiger partial charge is 0.162 e. The minimum Gasteiger partial charge on any atom is -0.501 e. The van der Waals surface area contributed by atoms with Crippen molar-refractivity contribution in [2.24, 2.45) is 11.8 Å². The number of rotatable bonds is 5. The first-order valence-electron chi connectivity index (χ1n) is 5.54. The monoisotopic (exact) mass is 196 g/mol. The summed E-state index contributed by atoms with van der Waals surface area (Å²) in [4.78, 5) is 11.7. The third-order valence-corrected chi connectivity index (χ3v) is 2.94. The Morgan fingerprint density at radius 2 is 1.79 bits per heavy atom. The fraction of sp³-hybridized carbons (Fsp3) is 0.750. The molecular formula is C12H20O2. The Hall–Kier alpha value is -0.790. The lowest BCUT2D eigenvalue weighted by atomic mass is 9.87. The second kappa shape index (κ2) is 5.18. The van der Waals surface area contributed by atoms with Crippen molar-refractivity contribution < 1.29 is 9.53 Å². The van der Waals surface area contributed by atoms with Gasteiger partial charge in [0, 0.05) is 17.9 Å². The highest BCUT2D eigenvalue weighted by Gasteiger charge is 2.35. The van der Waals surface area contributed by atoms with Crippen molar-refractivity contribution >= 4 is 5.78 Å². The number of methoxy groups -OCH3 is 1. The standard InChI is InChI=1S/C12H20O2/c1-4-6-9-10(7-5-2)12(14-3)8-11(9)13/h8-10H,4-7H2,1-3H3/t9-,10+/m0/s1. The lowest BCUT2D eigenvalue weighted by Crippen LogP contribution is -2.17. The number of hydrogen-bond acceptors (Lipinski definition) is 2. The van der Waals surface area contributed by atoms with Crippen molar-refractivity contribution in [3.05, 3.63) is 11.8 Å². The molecule has 0 aromatic rings. The molecule has 80 valence electrons. The van der Waals surface area contributed by atoms with E-state index in [-0.39, 0.29) is 11.7 Å². The van der Waals surface area contributed by atoms with E-state index in [9.17, 15) is 4.79 Å². The Morgan fingerprint density at radius 1 is 1.21 bits per heavy atom. The van der Waals surface area contributed by atoms with Gasteiger partial charge in [-0.15, -0.1) is 0 Å². The van der Waals surface area contributed by atoms with Crippen LogP contribution in [-0.2, 0) is 9.53 Å². The quantitative estimate of drug-likeness (QED) is 0.675. The molecule has 1 rings (SSSR count). The van der Waals surface area contributed by atoms with Gasteiger partial charge < -0.3 is 4.74 Å². The third-order valence-electron chi connectivity index (χ3n) is 2.94. The van der Waals surface area contributed by atoms with Crippen molar-refractivity contribution in [3.63, 3.8) is 0 Å². The summed E-state index contributed by atoms with van der Waals surface area (Å²) in [7, 11) is 1.66. The molecule has 2 nitrogen and oxygen atoms in total. The van der Waals surface area contributed by atoms with Crippen LogP contribution in [0.15, 0.2) is 11.8 Å². The Kier molecular flexibility index (Phi) is 4.18. The van der Waals surface area contributed by atoms with Gasteiger partial charge in [0.15, 0.2) is 5.78 Å². The molecule has 2 atom stereocenters. The van der Waals surface area contributed by atoms with Gasteiger partial charge in [0.2, 0.25) is 0 Å². The fourth-order valence-electron chi connectivity index (χ4n) is 2.27. The topological polar surface area (TPSA) is 26.3 Å². The van der Waals surface area contributed by atoms with Gasteiger partial charge in [-0.2, -0.15) is 0 Å². The maximum Gasteiger partial charge on any atom is 0.162 e. The molecule has 0 aromatic carbocycles. The summed E-state index contributed by atoms with van der Waals surface area (Å²) in [6.45, 7) is 4.28. The van der Waals surface area contributed by atoms with E-state index in [1.54, 1.807) is 13.2 Å². The van der Waals surface area contributed by atoms with Crippen LogP contribution in [0.3, 0.4) is 0 Å². The van der Waals surface area contributed by atoms with E-state index in [1.807, 2.05) is 0 Å². The van der Waals surface area contributed by atoms with Gasteiger partial charge in [-0.05, 0) is 12.8 Å². The van der Waals surface area contributed by atoms with Crippen LogP contribution in [-0.4, -0.2) is 12.9 Å². The molecule has 0 saturated heterocycles. The minimum atomic E-state index is 0.190. The van der Waals surface area contributed by atoms with E-state index < -0.39 is 0 Å². The Labute approximate surface area is 86.3 Å². The average molecular weight is 196 g/mol. The highest BCUT2D eigenvalue weighted by Crippen LogP contribution is 2.35. The van der Waals surface area contributed by atoms with Crippen LogP contribution >= 0.6 is 0 Å². The second-order valence-corrected chi connectivity index (χ2v) is 3.94. The molecule has 1 aliphatic carbocycles. The number of ether oxygens (including phenoxy) is 1. The minimum absolute atomic E-state index is 0.190. The van der Waals surface area contributed by atoms with Crippen molar-refractivity contribution in [3.8, 4) is 0 Å². The third kappa shape index (κ3) is 2.17. The zero-order valence-corrected chi connectivity index (χ0v) is 9.38. The van der Waals surface area contributed by atoms with Gasteiger partial charge in [0.05, 0.1) is 7.11 Å². The molecule has 0 saturated carbocycles. The first-order valence-corrected chi connectivity index (χ1v) is 5.54. The van der Waals surface area contributed by atoms with Crippen LogP contribution in [0.4, 0.5) is 0 Å². The SMILES string of the molecule is CCC[C@@H]1C(=O)C=C(OC)[C@@H]1CCC. The summed E-state index contributed by atoms with van der Waals surface area (Å²) < 4.78 is 5.26. The van der Waals surface area contributed by atoms with Crippen molar-refractivity contribution in [1.29, 1.82) is 0 Å². The number of allylic oxidation sites excluding steroid dienone is 2. The molecule has 0 bridgehead atoms. The predicted molar refractivity (Wildman–Crippen MR) is 56.9 cm³/mol. The molecule has 1 aliphatic rings. The zero-order chi connectivity index (χ0) is 10.6. The first-order chi connectivity index (χ1) is 6.74. The summed E-state index contributed by atoms with van der Waals surface area (Å²) in [6, 6.07) is 0. The van der Waals surface area contributed by atoms with Crippen LogP contribution in [0.25, 0.3) is 0 Å². The average Bonchev–Trinajstić information content (AvgIpc) is 2.47. The molecule has 0 radical (unpaired) electrons. The summed E-state index contributed by atoms with van der Waals surface area (Å²) in [6.07, 6.45) is 5.93. The van der Waals surface area contributed by atoms with Gasteiger partial charge in [-0.3, -0.25) is 4.79 Å². The molecule has 0 N–H and O–H groups in total. The number of carbonyl (C=O) groups excluding carboxylic acids is 1. The molecule has 0 aromatic heterocycles. The van der Waals surface area contributed by atoms with Crippen LogP contribution in [0, 0.1) is 11.8 Å². The lowest BCUT2D eigenvalue weighted by molar-refractivity contribution is -0.118. The summed E-state index contributed by atoms with van der Waals surface area (Å²) in [5.74, 6) is 1.70. The van der Waals surface area contributed by atoms with E-state index in [4.69, 9.17) is 4.74 Å². The number of carbonyl (C=O) groups is 1. The van der Waals surface area contributed by atoms with E-state index in [1.165, 1.54) is 0 Å². The number of ketones is 1. The molecule has 0 aliphatic heterocycles. The summed E-state index contributed by atoms with van der Waals surface area (Å²) in [5, 5.41) is 0. The van der Waals surface area contributed by atoms with Crippen LogP contribution < -0.4 is 0 Å². The highest BCUT2D eigenvalue weighted by molar-refractivity contribution is 5.95. The lowest BCUT2D eigenvalue weighted by Gasteiger charge is -2.19. The van der Waals surface area contributed by atoms with Gasteiger partial charge in [0.25, 0.3) is 0 Å². The Bertz CT molecular complexity index is 230. The van der Waals surface area contributed by atoms with E-state index in [0.717, 1.165) is 31.4 Å². The van der Waals surface area contributed by atoms with Gasteiger partial charge >= 0.3 is 0 Å². The van der Waals surface area contributed by atoms with Gasteiger partial charge in [-0.25, -0.2) is 0 Å². The Balaban J connectivity index is 2.71. The van der Waals surface area contributed by atoms with Crippen LogP contribution in [0.1, 0.15) is 39.5 Å². The van der Waals surface area contributed by atoms with E-state index in [2.05, 4.69) is 13.8 Å². The largest absolute Gasteiger partial charge is 0.501 e. The number of hydrogen-bond donors (Lipinski definition) is 0. The van der Waals surface area contributed by atoms with Gasteiger partial charge in [0.1, 0.15) is 5.76 Å². The van der Waals surface area contributed by atoms with E-state index in [0.29, 0.717) is 5.92 Å². The molecule has 0 heterocycles. The van der Waals surface area contributed by atoms with Gasteiger partial charge in [-0.1, -0.05) is 26.7 Å². The van der Waals surface area contributed by atoms with Crippen LogP contribution in [0.5, 0.6) is 0 Å².